The average Bonchev–Trinajstić information content (AvgIpc) is 3.35. The molecule has 0 radical (unpaired) electrons. The van der Waals surface area contributed by atoms with E-state index in [9.17, 15) is 0 Å². The van der Waals surface area contributed by atoms with Gasteiger partial charge in [0.15, 0.2) is 5.65 Å². The van der Waals surface area contributed by atoms with E-state index in [0.717, 1.165) is 47.7 Å². The van der Waals surface area contributed by atoms with Crippen LogP contribution in [-0.2, 0) is 19.5 Å². The summed E-state index contributed by atoms with van der Waals surface area (Å²) in [6.07, 6.45) is 5.60. The van der Waals surface area contributed by atoms with Crippen molar-refractivity contribution >= 4 is 11.3 Å². The van der Waals surface area contributed by atoms with Gasteiger partial charge in [-0.3, -0.25) is 4.68 Å². The number of nitrogens with zero attached hydrogens (tertiary/aromatic N) is 5. The molecule has 0 saturated heterocycles. The van der Waals surface area contributed by atoms with Gasteiger partial charge in [-0.15, -0.1) is 0 Å². The van der Waals surface area contributed by atoms with Gasteiger partial charge in [0.1, 0.15) is 12.0 Å². The minimum absolute atomic E-state index is 0. The first-order valence-corrected chi connectivity index (χ1v) is 9.67. The predicted octanol–water partition coefficient (Wildman–Crippen LogP) is 3.24. The largest absolute Gasteiger partial charge is 0.384 e. The van der Waals surface area contributed by atoms with E-state index in [1.54, 1.807) is 10.8 Å². The van der Waals surface area contributed by atoms with E-state index in [-0.39, 0.29) is 1.43 Å². The summed E-state index contributed by atoms with van der Waals surface area (Å²) in [6, 6.07) is 4.03. The van der Waals surface area contributed by atoms with Gasteiger partial charge >= 0.3 is 0 Å². The lowest BCUT2D eigenvalue weighted by Crippen LogP contribution is -2.14. The van der Waals surface area contributed by atoms with Gasteiger partial charge in [-0.1, -0.05) is 40.3 Å². The van der Waals surface area contributed by atoms with Crippen molar-refractivity contribution in [1.29, 1.82) is 0 Å². The topological polar surface area (TPSA) is 86.1 Å². The van der Waals surface area contributed by atoms with Crippen LogP contribution in [-0.4, -0.2) is 30.9 Å². The molecule has 0 aliphatic carbocycles. The van der Waals surface area contributed by atoms with Gasteiger partial charge in [0.05, 0.1) is 17.9 Å². The van der Waals surface area contributed by atoms with Crippen LogP contribution in [0.5, 0.6) is 0 Å². The summed E-state index contributed by atoms with van der Waals surface area (Å²) in [5.74, 6) is 0. The van der Waals surface area contributed by atoms with Crippen molar-refractivity contribution < 1.29 is 1.43 Å². The summed E-state index contributed by atoms with van der Waals surface area (Å²) >= 11 is 0. The Morgan fingerprint density at radius 1 is 1.26 bits per heavy atom. The first-order valence-electron chi connectivity index (χ1n) is 9.67. The van der Waals surface area contributed by atoms with Crippen LogP contribution in [0.4, 0.5) is 0 Å². The fraction of sp³-hybridized carbons (Fsp3) is 0.450. The molecule has 27 heavy (non-hydrogen) atoms. The lowest BCUT2D eigenvalue weighted by Gasteiger charge is -2.08. The Kier molecular flexibility index (Phi) is 7.55. The third-order valence-electron chi connectivity index (χ3n) is 4.22. The Morgan fingerprint density at radius 2 is 2.04 bits per heavy atom. The van der Waals surface area contributed by atoms with Crippen LogP contribution in [0.2, 0.25) is 0 Å². The molecule has 0 atom stereocenters. The number of hydrogen-bond acceptors (Lipinski definition) is 5. The summed E-state index contributed by atoms with van der Waals surface area (Å²) in [4.78, 5) is 4.37. The molecule has 0 amide bonds. The molecule has 7 heteroatoms. The summed E-state index contributed by atoms with van der Waals surface area (Å²) < 4.78 is 3.74. The molecule has 3 aromatic heterocycles. The molecule has 3 heterocycles. The van der Waals surface area contributed by atoms with Crippen LogP contribution >= 0.6 is 0 Å². The fourth-order valence-corrected chi connectivity index (χ4v) is 2.88. The zero-order valence-electron chi connectivity index (χ0n) is 16.9. The van der Waals surface area contributed by atoms with Crippen LogP contribution in [0.1, 0.15) is 58.1 Å². The van der Waals surface area contributed by atoms with Gasteiger partial charge in [-0.05, 0) is 24.5 Å². The summed E-state index contributed by atoms with van der Waals surface area (Å²) in [7, 11) is 0. The second kappa shape index (κ2) is 9.87. The van der Waals surface area contributed by atoms with Gasteiger partial charge in [-0.2, -0.15) is 10.2 Å². The zero-order valence-corrected chi connectivity index (χ0v) is 16.9. The number of fused-ring (bicyclic) bond motifs is 1. The molecule has 3 N–H and O–H groups in total. The highest BCUT2D eigenvalue weighted by Gasteiger charge is 2.13. The van der Waals surface area contributed by atoms with Crippen molar-refractivity contribution in [2.75, 3.05) is 6.54 Å². The standard InChI is InChI=1S/C18H25N7.C2H6.H2/c1-4-8-20-13(3)17-14(5-2)10-24(23-17)11-15-6-7-16(9-19)25-18(15)21-12-22-25;1-2;/h6-7,10,12,20H,3-5,8-9,11,19H2,1-2H3;1-2H3;1H. The number of nitrogens with one attached hydrogen (secondary N) is 1. The summed E-state index contributed by atoms with van der Waals surface area (Å²) in [5, 5.41) is 12.3. The van der Waals surface area contributed by atoms with Crippen LogP contribution in [0, 0.1) is 0 Å². The number of nitrogens with two attached hydrogens (primary N) is 1. The third-order valence-corrected chi connectivity index (χ3v) is 4.22. The van der Waals surface area contributed by atoms with Crippen molar-refractivity contribution in [3.8, 4) is 0 Å². The molecule has 0 aliphatic rings. The van der Waals surface area contributed by atoms with Crippen LogP contribution in [0.15, 0.2) is 31.2 Å². The monoisotopic (exact) mass is 371 g/mol. The number of aromatic nitrogens is 5. The van der Waals surface area contributed by atoms with E-state index in [1.807, 2.05) is 30.7 Å². The molecule has 3 aromatic rings. The van der Waals surface area contributed by atoms with Gasteiger partial charge in [0.25, 0.3) is 0 Å². The Hall–Kier alpha value is -2.67. The Morgan fingerprint density at radius 3 is 2.70 bits per heavy atom. The van der Waals surface area contributed by atoms with Crippen molar-refractivity contribution in [3.63, 3.8) is 0 Å². The van der Waals surface area contributed by atoms with Crippen LogP contribution < -0.4 is 11.1 Å². The van der Waals surface area contributed by atoms with E-state index >= 15 is 0 Å². The van der Waals surface area contributed by atoms with Crippen molar-refractivity contribution in [3.05, 3.63) is 53.8 Å². The first kappa shape index (κ1) is 20.6. The van der Waals surface area contributed by atoms with Crippen molar-refractivity contribution in [2.24, 2.45) is 5.73 Å². The second-order valence-electron chi connectivity index (χ2n) is 6.01. The number of aryl methyl sites for hydroxylation is 1. The minimum atomic E-state index is 0. The van der Waals surface area contributed by atoms with Crippen LogP contribution in [0.3, 0.4) is 0 Å². The van der Waals surface area contributed by atoms with Crippen molar-refractivity contribution in [2.45, 2.75) is 53.6 Å². The Bertz CT molecular complexity index is 882. The molecule has 3 rings (SSSR count). The normalized spacial score (nSPS) is 10.6. The van der Waals surface area contributed by atoms with Gasteiger partial charge < -0.3 is 11.1 Å². The highest BCUT2D eigenvalue weighted by Crippen LogP contribution is 2.17. The molecule has 0 aliphatic heterocycles. The lowest BCUT2D eigenvalue weighted by atomic mass is 10.1. The third kappa shape index (κ3) is 4.54. The van der Waals surface area contributed by atoms with Gasteiger partial charge in [0.2, 0.25) is 0 Å². The maximum absolute atomic E-state index is 5.77. The first-order chi connectivity index (χ1) is 13.2. The number of rotatable bonds is 8. The fourth-order valence-electron chi connectivity index (χ4n) is 2.88. The Labute approximate surface area is 162 Å². The summed E-state index contributed by atoms with van der Waals surface area (Å²) in [5.41, 5.74) is 11.6. The molecular weight excluding hydrogens is 338 g/mol. The maximum atomic E-state index is 5.77. The maximum Gasteiger partial charge on any atom is 0.160 e. The number of hydrogen-bond donors (Lipinski definition) is 2. The smallest absolute Gasteiger partial charge is 0.160 e. The molecule has 148 valence electrons. The Balaban J connectivity index is 0.00000127. The molecule has 0 fully saturated rings. The molecule has 0 unspecified atom stereocenters. The van der Waals surface area contributed by atoms with E-state index < -0.39 is 0 Å². The number of pyridine rings is 1. The van der Waals surface area contributed by atoms with Crippen LogP contribution in [0.25, 0.3) is 11.3 Å². The molecule has 0 spiro atoms. The molecule has 0 bridgehead atoms. The minimum Gasteiger partial charge on any atom is -0.384 e. The summed E-state index contributed by atoms with van der Waals surface area (Å²) in [6.45, 7) is 14.3. The highest BCUT2D eigenvalue weighted by atomic mass is 15.3. The highest BCUT2D eigenvalue weighted by molar-refractivity contribution is 5.61. The van der Waals surface area contributed by atoms with E-state index in [2.05, 4.69) is 42.0 Å². The SMILES string of the molecule is C=C(NCCC)c1nn(Cc2ccc(CN)n3ncnc23)cc1CC.CC.[HH]. The second-order valence-corrected chi connectivity index (χ2v) is 6.01. The van der Waals surface area contributed by atoms with Gasteiger partial charge in [0, 0.05) is 26.3 Å². The molecule has 0 aromatic carbocycles. The van der Waals surface area contributed by atoms with E-state index in [4.69, 9.17) is 10.8 Å². The predicted molar refractivity (Wildman–Crippen MR) is 112 cm³/mol. The van der Waals surface area contributed by atoms with Crippen molar-refractivity contribution in [1.82, 2.24) is 29.7 Å². The lowest BCUT2D eigenvalue weighted by molar-refractivity contribution is 0.678. The van der Waals surface area contributed by atoms with Gasteiger partial charge in [-0.25, -0.2) is 9.50 Å². The molecular formula is C20H33N7. The molecule has 7 nitrogen and oxygen atoms in total. The quantitative estimate of drug-likeness (QED) is 0.635. The zero-order chi connectivity index (χ0) is 19.8. The van der Waals surface area contributed by atoms with E-state index in [0.29, 0.717) is 13.1 Å². The molecule has 0 saturated carbocycles. The van der Waals surface area contributed by atoms with E-state index in [1.165, 1.54) is 5.56 Å². The average molecular weight is 372 g/mol.